The van der Waals surface area contributed by atoms with Gasteiger partial charge < -0.3 is 15.4 Å². The lowest BCUT2D eigenvalue weighted by molar-refractivity contribution is -0.113. The van der Waals surface area contributed by atoms with E-state index in [2.05, 4.69) is 15.6 Å². The molecule has 182 valence electrons. The number of amides is 1. The third-order valence-corrected chi connectivity index (χ3v) is 6.98. The Morgan fingerprint density at radius 2 is 2.06 bits per heavy atom. The van der Waals surface area contributed by atoms with Crippen LogP contribution in [0.4, 0.5) is 11.6 Å². The summed E-state index contributed by atoms with van der Waals surface area (Å²) in [6.45, 7) is 1.86. The van der Waals surface area contributed by atoms with Gasteiger partial charge in [0.2, 0.25) is 11.1 Å². The predicted octanol–water partition coefficient (Wildman–Crippen LogP) is 5.56. The second kappa shape index (κ2) is 10.4. The van der Waals surface area contributed by atoms with Crippen molar-refractivity contribution in [1.82, 2.24) is 19.7 Å². The first-order valence-electron chi connectivity index (χ1n) is 11.2. The minimum absolute atomic E-state index is 0.257. The molecular weight excluding hydrogens is 496 g/mol. The molecule has 0 spiro atoms. The van der Waals surface area contributed by atoms with E-state index >= 15 is 0 Å². The number of nitrogens with zero attached hydrogens (tertiary/aromatic N) is 4. The molecule has 1 aliphatic rings. The van der Waals surface area contributed by atoms with Gasteiger partial charge in [-0.3, -0.25) is 9.78 Å². The molecule has 5 rings (SSSR count). The Kier molecular flexibility index (Phi) is 6.92. The van der Waals surface area contributed by atoms with Crippen LogP contribution in [-0.2, 0) is 10.5 Å². The number of thioether (sulfide) groups is 1. The third-order valence-electron chi connectivity index (χ3n) is 5.72. The Morgan fingerprint density at radius 3 is 2.83 bits per heavy atom. The van der Waals surface area contributed by atoms with Gasteiger partial charge >= 0.3 is 0 Å². The van der Waals surface area contributed by atoms with E-state index in [4.69, 9.17) is 26.4 Å². The lowest BCUT2D eigenvalue weighted by Crippen LogP contribution is -2.31. The van der Waals surface area contributed by atoms with Crippen LogP contribution in [0.25, 0.3) is 0 Å². The molecular formula is C26H23ClN6O2S. The number of carbonyl (C=O) groups excluding carboxylic acids is 1. The van der Waals surface area contributed by atoms with E-state index in [0.29, 0.717) is 44.6 Å². The Morgan fingerprint density at radius 1 is 1.19 bits per heavy atom. The van der Waals surface area contributed by atoms with E-state index in [9.17, 15) is 4.79 Å². The number of nitrogens with one attached hydrogen (secondary N) is 2. The smallest absolute Gasteiger partial charge is 0.255 e. The van der Waals surface area contributed by atoms with Crippen LogP contribution in [0.15, 0.2) is 89.5 Å². The van der Waals surface area contributed by atoms with E-state index in [-0.39, 0.29) is 5.91 Å². The molecule has 1 aliphatic heterocycles. The zero-order valence-corrected chi connectivity index (χ0v) is 21.2. The maximum absolute atomic E-state index is 13.5. The molecule has 2 N–H and O–H groups in total. The van der Waals surface area contributed by atoms with Crippen LogP contribution in [0.5, 0.6) is 5.75 Å². The van der Waals surface area contributed by atoms with Gasteiger partial charge in [-0.05, 0) is 48.4 Å². The quantitative estimate of drug-likeness (QED) is 0.309. The van der Waals surface area contributed by atoms with Crippen LogP contribution in [0, 0.1) is 0 Å². The molecule has 1 atom stereocenters. The van der Waals surface area contributed by atoms with Crippen molar-refractivity contribution in [2.45, 2.75) is 23.9 Å². The maximum atomic E-state index is 13.5. The van der Waals surface area contributed by atoms with Crippen molar-refractivity contribution in [3.63, 3.8) is 0 Å². The van der Waals surface area contributed by atoms with Crippen LogP contribution < -0.4 is 15.4 Å². The van der Waals surface area contributed by atoms with E-state index in [1.165, 1.54) is 11.8 Å². The summed E-state index contributed by atoms with van der Waals surface area (Å²) < 4.78 is 7.20. The van der Waals surface area contributed by atoms with Crippen LogP contribution >= 0.6 is 23.4 Å². The van der Waals surface area contributed by atoms with Crippen LogP contribution in [0.1, 0.15) is 24.1 Å². The minimum atomic E-state index is -0.518. The molecule has 2 aromatic heterocycles. The Hall–Kier alpha value is -3.82. The molecule has 0 aliphatic carbocycles. The third kappa shape index (κ3) is 4.93. The second-order valence-corrected chi connectivity index (χ2v) is 9.43. The van der Waals surface area contributed by atoms with Crippen molar-refractivity contribution in [2.75, 3.05) is 17.7 Å². The highest BCUT2D eigenvalue weighted by molar-refractivity contribution is 7.98. The van der Waals surface area contributed by atoms with Gasteiger partial charge in [0.1, 0.15) is 11.8 Å². The standard InChI is InChI=1S/C26H23ClN6O2S/c1-16-22(24(34)30-19-9-6-12-28-14-19)23(17-8-5-10-20(13-17)35-2)33-25(29-16)31-26(32-33)36-15-18-7-3-4-11-21(18)27/h3-14,23H,15H2,1-2H3,(H,30,34)(H,29,31,32). The maximum Gasteiger partial charge on any atom is 0.255 e. The Bertz CT molecular complexity index is 1440. The number of hydrogen-bond acceptors (Lipinski definition) is 7. The van der Waals surface area contributed by atoms with Crippen molar-refractivity contribution < 1.29 is 9.53 Å². The molecule has 0 saturated heterocycles. The Balaban J connectivity index is 1.51. The average molecular weight is 519 g/mol. The first-order chi connectivity index (χ1) is 17.5. The van der Waals surface area contributed by atoms with Gasteiger partial charge in [-0.25, -0.2) is 4.68 Å². The van der Waals surface area contributed by atoms with Crippen LogP contribution in [-0.4, -0.2) is 32.8 Å². The van der Waals surface area contributed by atoms with E-state index in [0.717, 1.165) is 11.1 Å². The topological polar surface area (TPSA) is 94.0 Å². The highest BCUT2D eigenvalue weighted by atomic mass is 35.5. The lowest BCUT2D eigenvalue weighted by Gasteiger charge is -2.28. The number of benzene rings is 2. The fraction of sp³-hybridized carbons (Fsp3) is 0.154. The molecule has 8 nitrogen and oxygen atoms in total. The first kappa shape index (κ1) is 23.9. The molecule has 4 aromatic rings. The summed E-state index contributed by atoms with van der Waals surface area (Å²) in [6.07, 6.45) is 3.26. The number of halogens is 1. The molecule has 2 aromatic carbocycles. The largest absolute Gasteiger partial charge is 0.497 e. The molecule has 3 heterocycles. The summed E-state index contributed by atoms with van der Waals surface area (Å²) in [7, 11) is 1.61. The fourth-order valence-corrected chi connectivity index (χ4v) is 5.11. The van der Waals surface area contributed by atoms with E-state index in [1.807, 2.05) is 55.5 Å². The number of fused-ring (bicyclic) bond motifs is 1. The highest BCUT2D eigenvalue weighted by Crippen LogP contribution is 2.38. The molecule has 0 fully saturated rings. The summed E-state index contributed by atoms with van der Waals surface area (Å²) in [5.41, 5.74) is 3.66. The van der Waals surface area contributed by atoms with Crippen molar-refractivity contribution in [3.8, 4) is 5.75 Å². The molecule has 0 saturated carbocycles. The Labute approximate surface area is 217 Å². The normalized spacial score (nSPS) is 14.7. The van der Waals surface area contributed by atoms with Crippen molar-refractivity contribution in [2.24, 2.45) is 0 Å². The summed E-state index contributed by atoms with van der Waals surface area (Å²) in [4.78, 5) is 22.3. The summed E-state index contributed by atoms with van der Waals surface area (Å²) >= 11 is 7.80. The molecule has 1 unspecified atom stereocenters. The summed E-state index contributed by atoms with van der Waals surface area (Å²) in [5, 5.41) is 12.3. The summed E-state index contributed by atoms with van der Waals surface area (Å²) in [6, 6.07) is 18.4. The minimum Gasteiger partial charge on any atom is -0.497 e. The van der Waals surface area contributed by atoms with E-state index in [1.54, 1.807) is 36.3 Å². The number of carbonyl (C=O) groups is 1. The SMILES string of the molecule is COc1cccc(C2C(C(=O)Nc3cccnc3)=C(C)Nc3nc(SCc4ccccc4Cl)nn32)c1. The molecule has 0 bridgehead atoms. The molecule has 0 radical (unpaired) electrons. The second-order valence-electron chi connectivity index (χ2n) is 8.08. The van der Waals surface area contributed by atoms with Gasteiger partial charge in [0.25, 0.3) is 5.91 Å². The zero-order chi connectivity index (χ0) is 25.1. The highest BCUT2D eigenvalue weighted by Gasteiger charge is 2.34. The van der Waals surface area contributed by atoms with Gasteiger partial charge in [-0.2, -0.15) is 4.98 Å². The van der Waals surface area contributed by atoms with Gasteiger partial charge in [-0.15, -0.1) is 5.10 Å². The van der Waals surface area contributed by atoms with E-state index < -0.39 is 6.04 Å². The zero-order valence-electron chi connectivity index (χ0n) is 19.6. The molecule has 10 heteroatoms. The number of anilines is 2. The number of allylic oxidation sites excluding steroid dienone is 1. The van der Waals surface area contributed by atoms with Crippen molar-refractivity contribution in [1.29, 1.82) is 0 Å². The monoisotopic (exact) mass is 518 g/mol. The first-order valence-corrected chi connectivity index (χ1v) is 12.6. The van der Waals surface area contributed by atoms with Crippen LogP contribution in [0.2, 0.25) is 5.02 Å². The predicted molar refractivity (Wildman–Crippen MR) is 141 cm³/mol. The number of aromatic nitrogens is 4. The number of methoxy groups -OCH3 is 1. The average Bonchev–Trinajstić information content (AvgIpc) is 3.30. The van der Waals surface area contributed by atoms with Gasteiger partial charge in [0, 0.05) is 22.7 Å². The number of pyridine rings is 1. The number of hydrogen-bond donors (Lipinski definition) is 2. The van der Waals surface area contributed by atoms with Crippen molar-refractivity contribution in [3.05, 3.63) is 100 Å². The summed E-state index contributed by atoms with van der Waals surface area (Å²) in [5.74, 6) is 1.60. The number of ether oxygens (including phenoxy) is 1. The van der Waals surface area contributed by atoms with Gasteiger partial charge in [0.05, 0.1) is 24.6 Å². The van der Waals surface area contributed by atoms with Gasteiger partial charge in [0.15, 0.2) is 0 Å². The number of rotatable bonds is 7. The van der Waals surface area contributed by atoms with Gasteiger partial charge in [-0.1, -0.05) is 53.7 Å². The van der Waals surface area contributed by atoms with Crippen LogP contribution in [0.3, 0.4) is 0 Å². The lowest BCUT2D eigenvalue weighted by atomic mass is 9.95. The fourth-order valence-electron chi connectivity index (χ4n) is 4.00. The molecule has 36 heavy (non-hydrogen) atoms. The van der Waals surface area contributed by atoms with Crippen molar-refractivity contribution >= 4 is 40.9 Å². The molecule has 1 amide bonds.